The SMILES string of the molecule is CC(C)C(=O)Nc1ccc(C(=O)CSc2nc3sccc3c(=O)n2C)cc1. The van der Waals surface area contributed by atoms with Gasteiger partial charge in [-0.25, -0.2) is 4.98 Å². The van der Waals surface area contributed by atoms with Gasteiger partial charge in [0.15, 0.2) is 10.9 Å². The van der Waals surface area contributed by atoms with Crippen LogP contribution in [0.1, 0.15) is 24.2 Å². The maximum atomic E-state index is 12.4. The Balaban J connectivity index is 1.68. The van der Waals surface area contributed by atoms with E-state index in [-0.39, 0.29) is 28.9 Å². The molecule has 1 aromatic carbocycles. The van der Waals surface area contributed by atoms with Gasteiger partial charge in [-0.15, -0.1) is 11.3 Å². The Kier molecular flexibility index (Phi) is 5.76. The van der Waals surface area contributed by atoms with Gasteiger partial charge in [-0.1, -0.05) is 25.6 Å². The molecule has 0 saturated heterocycles. The summed E-state index contributed by atoms with van der Waals surface area (Å²) in [5, 5.41) is 5.74. The minimum atomic E-state index is -0.110. The summed E-state index contributed by atoms with van der Waals surface area (Å²) in [6.07, 6.45) is 0. The zero-order chi connectivity index (χ0) is 19.6. The molecule has 0 atom stereocenters. The summed E-state index contributed by atoms with van der Waals surface area (Å²) < 4.78 is 1.47. The average Bonchev–Trinajstić information content (AvgIpc) is 3.12. The van der Waals surface area contributed by atoms with Crippen LogP contribution in [0.2, 0.25) is 0 Å². The Hall–Kier alpha value is -2.45. The van der Waals surface area contributed by atoms with Crippen molar-refractivity contribution in [1.82, 2.24) is 9.55 Å². The predicted molar refractivity (Wildman–Crippen MR) is 110 cm³/mol. The van der Waals surface area contributed by atoms with E-state index in [4.69, 9.17) is 0 Å². The molecule has 0 saturated carbocycles. The van der Waals surface area contributed by atoms with Crippen LogP contribution in [0.5, 0.6) is 0 Å². The summed E-state index contributed by atoms with van der Waals surface area (Å²) in [6, 6.07) is 8.56. The van der Waals surface area contributed by atoms with Gasteiger partial charge in [0.1, 0.15) is 4.83 Å². The van der Waals surface area contributed by atoms with Crippen molar-refractivity contribution >= 4 is 50.7 Å². The number of thiophene rings is 1. The van der Waals surface area contributed by atoms with E-state index in [0.29, 0.717) is 26.6 Å². The second-order valence-electron chi connectivity index (χ2n) is 6.33. The highest BCUT2D eigenvalue weighted by molar-refractivity contribution is 7.99. The van der Waals surface area contributed by atoms with E-state index in [1.54, 1.807) is 37.4 Å². The van der Waals surface area contributed by atoms with Crippen LogP contribution < -0.4 is 10.9 Å². The molecule has 3 rings (SSSR count). The van der Waals surface area contributed by atoms with E-state index in [0.717, 1.165) is 0 Å². The van der Waals surface area contributed by atoms with E-state index in [1.807, 2.05) is 19.2 Å². The lowest BCUT2D eigenvalue weighted by Gasteiger charge is -2.09. The summed E-state index contributed by atoms with van der Waals surface area (Å²) in [4.78, 5) is 41.6. The summed E-state index contributed by atoms with van der Waals surface area (Å²) >= 11 is 2.65. The van der Waals surface area contributed by atoms with Crippen molar-refractivity contribution in [3.63, 3.8) is 0 Å². The number of thioether (sulfide) groups is 1. The van der Waals surface area contributed by atoms with Crippen molar-refractivity contribution in [2.24, 2.45) is 13.0 Å². The minimum Gasteiger partial charge on any atom is -0.326 e. The Morgan fingerprint density at radius 3 is 2.59 bits per heavy atom. The number of benzene rings is 1. The highest BCUT2D eigenvalue weighted by atomic mass is 32.2. The lowest BCUT2D eigenvalue weighted by atomic mass is 10.1. The maximum Gasteiger partial charge on any atom is 0.262 e. The summed E-state index contributed by atoms with van der Waals surface area (Å²) in [6.45, 7) is 3.64. The first-order valence-corrected chi connectivity index (χ1v) is 10.2. The molecule has 0 aliphatic heterocycles. The third-order valence-corrected chi connectivity index (χ3v) is 5.83. The molecule has 0 unspecified atom stereocenters. The molecule has 6 nitrogen and oxygen atoms in total. The highest BCUT2D eigenvalue weighted by Crippen LogP contribution is 2.21. The first-order valence-electron chi connectivity index (χ1n) is 8.38. The molecule has 0 fully saturated rings. The van der Waals surface area contributed by atoms with Crippen LogP contribution in [0.3, 0.4) is 0 Å². The molecule has 0 aliphatic carbocycles. The van der Waals surface area contributed by atoms with E-state index in [9.17, 15) is 14.4 Å². The normalized spacial score (nSPS) is 11.1. The summed E-state index contributed by atoms with van der Waals surface area (Å²) in [5.74, 6) is -0.0695. The molecule has 1 N–H and O–H groups in total. The molecule has 27 heavy (non-hydrogen) atoms. The Morgan fingerprint density at radius 1 is 1.22 bits per heavy atom. The Labute approximate surface area is 164 Å². The van der Waals surface area contributed by atoms with Crippen molar-refractivity contribution in [3.05, 3.63) is 51.6 Å². The monoisotopic (exact) mass is 401 g/mol. The standard InChI is InChI=1S/C19H19N3O3S2/c1-11(2)16(24)20-13-6-4-12(5-7-13)15(23)10-27-19-21-17-14(8-9-26-17)18(25)22(19)3/h4-9,11H,10H2,1-3H3,(H,20,24). The number of hydrogen-bond donors (Lipinski definition) is 1. The number of amides is 1. The van der Waals surface area contributed by atoms with E-state index < -0.39 is 0 Å². The van der Waals surface area contributed by atoms with Crippen LogP contribution in [0, 0.1) is 5.92 Å². The predicted octanol–water partition coefficient (Wildman–Crippen LogP) is 3.56. The fourth-order valence-corrected chi connectivity index (χ4v) is 4.02. The van der Waals surface area contributed by atoms with Gasteiger partial charge in [-0.3, -0.25) is 19.0 Å². The molecule has 0 radical (unpaired) electrons. The summed E-state index contributed by atoms with van der Waals surface area (Å²) in [7, 11) is 1.66. The van der Waals surface area contributed by atoms with Crippen LogP contribution in [0.4, 0.5) is 5.69 Å². The van der Waals surface area contributed by atoms with Crippen LogP contribution >= 0.6 is 23.1 Å². The second-order valence-corrected chi connectivity index (χ2v) is 8.17. The number of aromatic nitrogens is 2. The molecule has 2 aromatic heterocycles. The van der Waals surface area contributed by atoms with E-state index in [1.165, 1.54) is 27.7 Å². The molecule has 3 aromatic rings. The van der Waals surface area contributed by atoms with Crippen molar-refractivity contribution in [2.75, 3.05) is 11.1 Å². The number of Topliss-reactive ketones (excluding diaryl/α,β-unsaturated/α-hetero) is 1. The molecule has 2 heterocycles. The third-order valence-electron chi connectivity index (χ3n) is 4.00. The first kappa shape index (κ1) is 19.3. The Morgan fingerprint density at radius 2 is 1.93 bits per heavy atom. The number of carbonyl (C=O) groups excluding carboxylic acids is 2. The lowest BCUT2D eigenvalue weighted by Crippen LogP contribution is -2.19. The zero-order valence-corrected chi connectivity index (χ0v) is 16.8. The van der Waals surface area contributed by atoms with Crippen molar-refractivity contribution in [3.8, 4) is 0 Å². The maximum absolute atomic E-state index is 12.4. The molecule has 0 aliphatic rings. The second kappa shape index (κ2) is 8.06. The van der Waals surface area contributed by atoms with Gasteiger partial charge in [0.05, 0.1) is 11.1 Å². The Bertz CT molecular complexity index is 1050. The van der Waals surface area contributed by atoms with Crippen LogP contribution in [-0.4, -0.2) is 27.0 Å². The quantitative estimate of drug-likeness (QED) is 0.388. The van der Waals surface area contributed by atoms with Gasteiger partial charge in [-0.2, -0.15) is 0 Å². The number of fused-ring (bicyclic) bond motifs is 1. The van der Waals surface area contributed by atoms with Gasteiger partial charge >= 0.3 is 0 Å². The molecule has 0 spiro atoms. The number of anilines is 1. The molecule has 8 heteroatoms. The lowest BCUT2D eigenvalue weighted by molar-refractivity contribution is -0.118. The molecule has 0 bridgehead atoms. The van der Waals surface area contributed by atoms with Gasteiger partial charge in [-0.05, 0) is 35.7 Å². The van der Waals surface area contributed by atoms with Gasteiger partial charge in [0.25, 0.3) is 5.56 Å². The van der Waals surface area contributed by atoms with E-state index in [2.05, 4.69) is 10.3 Å². The van der Waals surface area contributed by atoms with Gasteiger partial charge in [0, 0.05) is 24.2 Å². The number of rotatable bonds is 6. The van der Waals surface area contributed by atoms with Crippen LogP contribution in [0.15, 0.2) is 45.7 Å². The number of hydrogen-bond acceptors (Lipinski definition) is 6. The van der Waals surface area contributed by atoms with Crippen LogP contribution in [-0.2, 0) is 11.8 Å². The summed E-state index contributed by atoms with van der Waals surface area (Å²) in [5.41, 5.74) is 1.10. The first-order chi connectivity index (χ1) is 12.9. The fraction of sp³-hybridized carbons (Fsp3) is 0.263. The van der Waals surface area contributed by atoms with Crippen molar-refractivity contribution in [2.45, 2.75) is 19.0 Å². The van der Waals surface area contributed by atoms with Crippen molar-refractivity contribution in [1.29, 1.82) is 0 Å². The van der Waals surface area contributed by atoms with Crippen LogP contribution in [0.25, 0.3) is 10.2 Å². The average molecular weight is 402 g/mol. The van der Waals surface area contributed by atoms with E-state index >= 15 is 0 Å². The number of carbonyl (C=O) groups is 2. The topological polar surface area (TPSA) is 81.1 Å². The third kappa shape index (κ3) is 4.28. The number of nitrogens with zero attached hydrogens (tertiary/aromatic N) is 2. The molecular weight excluding hydrogens is 382 g/mol. The largest absolute Gasteiger partial charge is 0.326 e. The van der Waals surface area contributed by atoms with Gasteiger partial charge in [0.2, 0.25) is 5.91 Å². The van der Waals surface area contributed by atoms with Gasteiger partial charge < -0.3 is 5.32 Å². The molecule has 140 valence electrons. The molecule has 1 amide bonds. The molecular formula is C19H19N3O3S2. The zero-order valence-electron chi connectivity index (χ0n) is 15.2. The smallest absolute Gasteiger partial charge is 0.262 e. The number of nitrogens with one attached hydrogen (secondary N) is 1. The fourth-order valence-electron chi connectivity index (χ4n) is 2.35. The van der Waals surface area contributed by atoms with Crippen molar-refractivity contribution < 1.29 is 9.59 Å². The minimum absolute atomic E-state index is 0.0674. The number of ketones is 1. The highest BCUT2D eigenvalue weighted by Gasteiger charge is 2.13.